The first kappa shape index (κ1) is 23.2. The number of hydrogen-bond donors (Lipinski definition) is 1. The number of esters is 1. The molecule has 0 unspecified atom stereocenters. The minimum absolute atomic E-state index is 0.137. The molecule has 0 radical (unpaired) electrons. The number of imide groups is 1. The number of ether oxygens (including phenoxy) is 1. The van der Waals surface area contributed by atoms with Gasteiger partial charge in [-0.25, -0.2) is 4.79 Å². The Balaban J connectivity index is 1.11. The second-order valence-electron chi connectivity index (χ2n) is 10.0. The second-order valence-corrected chi connectivity index (χ2v) is 10.0. The van der Waals surface area contributed by atoms with Crippen molar-refractivity contribution < 1.29 is 23.9 Å². The van der Waals surface area contributed by atoms with E-state index in [1.807, 2.05) is 24.3 Å². The third-order valence-corrected chi connectivity index (χ3v) is 8.00. The van der Waals surface area contributed by atoms with E-state index < -0.39 is 18.5 Å². The van der Waals surface area contributed by atoms with Gasteiger partial charge in [0.15, 0.2) is 6.61 Å². The van der Waals surface area contributed by atoms with Gasteiger partial charge in [-0.3, -0.25) is 19.3 Å². The fourth-order valence-corrected chi connectivity index (χ4v) is 6.48. The molecule has 1 aliphatic heterocycles. The van der Waals surface area contributed by atoms with Crippen molar-refractivity contribution in [2.45, 2.75) is 18.8 Å². The van der Waals surface area contributed by atoms with Crippen LogP contribution in [0.5, 0.6) is 0 Å². The van der Waals surface area contributed by atoms with E-state index in [2.05, 4.69) is 17.4 Å². The van der Waals surface area contributed by atoms with E-state index in [0.29, 0.717) is 17.3 Å². The summed E-state index contributed by atoms with van der Waals surface area (Å²) in [7, 11) is 0. The number of nitrogens with zero attached hydrogens (tertiary/aromatic N) is 1. The minimum Gasteiger partial charge on any atom is -0.452 e. The van der Waals surface area contributed by atoms with Crippen LogP contribution < -0.4 is 10.2 Å². The van der Waals surface area contributed by atoms with Gasteiger partial charge < -0.3 is 10.1 Å². The lowest BCUT2D eigenvalue weighted by Gasteiger charge is -2.28. The highest BCUT2D eigenvalue weighted by atomic mass is 16.5. The molecule has 0 aromatic heterocycles. The van der Waals surface area contributed by atoms with Crippen LogP contribution >= 0.6 is 0 Å². The van der Waals surface area contributed by atoms with Crippen molar-refractivity contribution >= 4 is 35.1 Å². The Morgan fingerprint density at radius 3 is 2.16 bits per heavy atom. The van der Waals surface area contributed by atoms with Gasteiger partial charge in [0, 0.05) is 5.69 Å². The zero-order valence-corrected chi connectivity index (χ0v) is 20.1. The molecule has 186 valence electrons. The van der Waals surface area contributed by atoms with Crippen LogP contribution in [0.15, 0.2) is 84.9 Å². The third kappa shape index (κ3) is 4.10. The summed E-state index contributed by atoms with van der Waals surface area (Å²) < 4.78 is 5.12. The maximum atomic E-state index is 13.5. The highest BCUT2D eigenvalue weighted by Crippen LogP contribution is 2.61. The van der Waals surface area contributed by atoms with Crippen molar-refractivity contribution in [1.29, 1.82) is 0 Å². The molecule has 1 N–H and O–H groups in total. The monoisotopic (exact) mass is 494 g/mol. The maximum Gasteiger partial charge on any atom is 0.338 e. The Bertz CT molecular complexity index is 1360. The van der Waals surface area contributed by atoms with Crippen molar-refractivity contribution in [2.75, 3.05) is 16.8 Å². The molecule has 5 atom stereocenters. The lowest BCUT2D eigenvalue weighted by Crippen LogP contribution is -2.33. The maximum absolute atomic E-state index is 13.5. The lowest BCUT2D eigenvalue weighted by atomic mass is 9.73. The number of rotatable bonds is 6. The molecule has 2 bridgehead atoms. The Hall–Kier alpha value is -4.26. The molecular formula is C30H26N2O5. The molecule has 0 spiro atoms. The Kier molecular flexibility index (Phi) is 5.83. The fraction of sp³-hybridized carbons (Fsp3) is 0.267. The Labute approximate surface area is 214 Å². The topological polar surface area (TPSA) is 92.8 Å². The van der Waals surface area contributed by atoms with Crippen molar-refractivity contribution in [3.63, 3.8) is 0 Å². The van der Waals surface area contributed by atoms with Crippen molar-refractivity contribution in [2.24, 2.45) is 23.7 Å². The highest BCUT2D eigenvalue weighted by molar-refractivity contribution is 6.22. The number of benzene rings is 3. The molecule has 2 saturated carbocycles. The van der Waals surface area contributed by atoms with Gasteiger partial charge in [0.05, 0.1) is 23.1 Å². The van der Waals surface area contributed by atoms with E-state index in [1.54, 1.807) is 36.4 Å². The average Bonchev–Trinajstić information content (AvgIpc) is 3.60. The molecule has 1 saturated heterocycles. The van der Waals surface area contributed by atoms with Gasteiger partial charge in [-0.2, -0.15) is 0 Å². The van der Waals surface area contributed by atoms with Gasteiger partial charge in [-0.15, -0.1) is 0 Å². The summed E-state index contributed by atoms with van der Waals surface area (Å²) in [6, 6.07) is 25.4. The van der Waals surface area contributed by atoms with Gasteiger partial charge in [0.1, 0.15) is 0 Å². The van der Waals surface area contributed by atoms with E-state index in [1.165, 1.54) is 22.6 Å². The zero-order chi connectivity index (χ0) is 25.5. The summed E-state index contributed by atoms with van der Waals surface area (Å²) in [5.41, 5.74) is 2.55. The van der Waals surface area contributed by atoms with Crippen molar-refractivity contribution in [1.82, 2.24) is 0 Å². The summed E-state index contributed by atoms with van der Waals surface area (Å²) in [4.78, 5) is 52.6. The number of hydrogen-bond acceptors (Lipinski definition) is 5. The van der Waals surface area contributed by atoms with Crippen LogP contribution in [0, 0.1) is 23.7 Å². The zero-order valence-electron chi connectivity index (χ0n) is 20.1. The summed E-state index contributed by atoms with van der Waals surface area (Å²) in [6.45, 7) is -0.423. The standard InChI is InChI=1S/C30H26N2O5/c33-25(31-21-9-5-2-6-10-21)17-37-30(36)19-11-13-22(14-12-19)32-28(34)26-20-15-23(18-7-3-1-4-8-18)24(16-20)27(26)29(32)35/h1-14,20,23-24,26-27H,15-17H2,(H,31,33)/t20-,23-,24+,26+,27-/m0/s1. The van der Waals surface area contributed by atoms with Crippen LogP contribution in [0.4, 0.5) is 11.4 Å². The summed E-state index contributed by atoms with van der Waals surface area (Å²) in [5, 5.41) is 2.65. The average molecular weight is 495 g/mol. The SMILES string of the molecule is O=C(COC(=O)c1ccc(N2C(=O)[C@@H]3[C@@H]4C[C@@H]([C@@H]3C2=O)[C@H](c2ccccc2)C4)cc1)Nc1ccccc1. The number of para-hydroxylation sites is 1. The van der Waals surface area contributed by atoms with Crippen molar-refractivity contribution in [3.05, 3.63) is 96.1 Å². The van der Waals surface area contributed by atoms with E-state index in [-0.39, 0.29) is 41.0 Å². The molecule has 7 nitrogen and oxygen atoms in total. The van der Waals surface area contributed by atoms with Crippen LogP contribution in [0.2, 0.25) is 0 Å². The first-order valence-electron chi connectivity index (χ1n) is 12.6. The number of anilines is 2. The molecule has 3 aliphatic rings. The molecule has 1 heterocycles. The molecule has 3 aromatic carbocycles. The van der Waals surface area contributed by atoms with E-state index in [4.69, 9.17) is 4.74 Å². The van der Waals surface area contributed by atoms with E-state index >= 15 is 0 Å². The van der Waals surface area contributed by atoms with Crippen LogP contribution in [-0.4, -0.2) is 30.3 Å². The fourth-order valence-electron chi connectivity index (χ4n) is 6.48. The second kappa shape index (κ2) is 9.32. The number of carbonyl (C=O) groups is 4. The minimum atomic E-state index is -0.658. The molecule has 37 heavy (non-hydrogen) atoms. The van der Waals surface area contributed by atoms with Gasteiger partial charge in [-0.1, -0.05) is 48.5 Å². The largest absolute Gasteiger partial charge is 0.452 e. The van der Waals surface area contributed by atoms with Crippen LogP contribution in [0.3, 0.4) is 0 Å². The van der Waals surface area contributed by atoms with E-state index in [0.717, 1.165) is 12.8 Å². The first-order chi connectivity index (χ1) is 18.0. The van der Waals surface area contributed by atoms with E-state index in [9.17, 15) is 19.2 Å². The van der Waals surface area contributed by atoms with Crippen LogP contribution in [0.25, 0.3) is 0 Å². The third-order valence-electron chi connectivity index (χ3n) is 8.00. The Morgan fingerprint density at radius 1 is 0.811 bits per heavy atom. The summed E-state index contributed by atoms with van der Waals surface area (Å²) in [5.74, 6) is -1.23. The Morgan fingerprint density at radius 2 is 1.46 bits per heavy atom. The normalized spacial score (nSPS) is 25.7. The lowest BCUT2D eigenvalue weighted by molar-refractivity contribution is -0.123. The van der Waals surface area contributed by atoms with Crippen LogP contribution in [-0.2, 0) is 19.1 Å². The van der Waals surface area contributed by atoms with Gasteiger partial charge >= 0.3 is 5.97 Å². The highest BCUT2D eigenvalue weighted by Gasteiger charge is 2.64. The summed E-state index contributed by atoms with van der Waals surface area (Å²) in [6.07, 6.45) is 1.86. The predicted octanol–water partition coefficient (Wildman–Crippen LogP) is 4.41. The van der Waals surface area contributed by atoms with Crippen molar-refractivity contribution in [3.8, 4) is 0 Å². The molecule has 6 rings (SSSR count). The first-order valence-corrected chi connectivity index (χ1v) is 12.6. The quantitative estimate of drug-likeness (QED) is 0.405. The van der Waals surface area contributed by atoms with Gasteiger partial charge in [-0.05, 0) is 72.6 Å². The molecular weight excluding hydrogens is 468 g/mol. The number of carbonyl (C=O) groups excluding carboxylic acids is 4. The molecule has 2 aliphatic carbocycles. The molecule has 7 heteroatoms. The number of nitrogens with one attached hydrogen (secondary N) is 1. The van der Waals surface area contributed by atoms with Crippen LogP contribution in [0.1, 0.15) is 34.7 Å². The molecule has 3 fully saturated rings. The van der Waals surface area contributed by atoms with Gasteiger partial charge in [0.2, 0.25) is 11.8 Å². The molecule has 3 amide bonds. The number of amides is 3. The van der Waals surface area contributed by atoms with Gasteiger partial charge in [0.25, 0.3) is 5.91 Å². The number of fused-ring (bicyclic) bond motifs is 5. The smallest absolute Gasteiger partial charge is 0.338 e. The summed E-state index contributed by atoms with van der Waals surface area (Å²) >= 11 is 0. The predicted molar refractivity (Wildman–Crippen MR) is 137 cm³/mol. The molecule has 3 aromatic rings.